The maximum Gasteiger partial charge on any atom is 0.206 e. The highest BCUT2D eigenvalue weighted by atomic mass is 32.1. The number of anilines is 1. The van der Waals surface area contributed by atoms with Gasteiger partial charge in [0, 0.05) is 18.9 Å². The van der Waals surface area contributed by atoms with Gasteiger partial charge in [-0.25, -0.2) is 4.98 Å². The van der Waals surface area contributed by atoms with Crippen molar-refractivity contribution in [2.45, 2.75) is 26.9 Å². The van der Waals surface area contributed by atoms with Crippen LogP contribution in [0.25, 0.3) is 0 Å². The van der Waals surface area contributed by atoms with Crippen LogP contribution in [0.3, 0.4) is 0 Å². The number of aryl methyl sites for hydroxylation is 2. The van der Waals surface area contributed by atoms with Gasteiger partial charge in [-0.1, -0.05) is 11.3 Å². The Labute approximate surface area is 92.2 Å². The number of nitrogens with one attached hydrogen (secondary N) is 1. The standard InChI is InChI=1S/C9H13N5S/c1-3-14-5-4-10-8(14)6-11-9-13-12-7(2)15-9/h4-5H,3,6H2,1-2H3,(H,11,13). The van der Waals surface area contributed by atoms with Gasteiger partial charge in [0.2, 0.25) is 5.13 Å². The molecule has 0 atom stereocenters. The van der Waals surface area contributed by atoms with Gasteiger partial charge >= 0.3 is 0 Å². The number of nitrogens with zero attached hydrogens (tertiary/aromatic N) is 4. The second-order valence-corrected chi connectivity index (χ2v) is 4.29. The molecule has 0 spiro atoms. The first-order chi connectivity index (χ1) is 7.29. The van der Waals surface area contributed by atoms with E-state index in [-0.39, 0.29) is 0 Å². The van der Waals surface area contributed by atoms with Gasteiger partial charge in [0.25, 0.3) is 0 Å². The minimum atomic E-state index is 0.690. The summed E-state index contributed by atoms with van der Waals surface area (Å²) in [5, 5.41) is 12.9. The average Bonchev–Trinajstić information content (AvgIpc) is 2.83. The topological polar surface area (TPSA) is 55.6 Å². The lowest BCUT2D eigenvalue weighted by Crippen LogP contribution is -2.07. The van der Waals surface area contributed by atoms with Crippen LogP contribution in [0.2, 0.25) is 0 Å². The predicted molar refractivity (Wildman–Crippen MR) is 59.9 cm³/mol. The average molecular weight is 223 g/mol. The van der Waals surface area contributed by atoms with Gasteiger partial charge in [0.1, 0.15) is 10.8 Å². The van der Waals surface area contributed by atoms with Crippen LogP contribution in [0.1, 0.15) is 17.8 Å². The minimum Gasteiger partial charge on any atom is -0.353 e. The van der Waals surface area contributed by atoms with Crippen molar-refractivity contribution < 1.29 is 0 Å². The lowest BCUT2D eigenvalue weighted by Gasteiger charge is -2.04. The highest BCUT2D eigenvalue weighted by Crippen LogP contribution is 2.14. The van der Waals surface area contributed by atoms with Crippen molar-refractivity contribution in [3.63, 3.8) is 0 Å². The van der Waals surface area contributed by atoms with Gasteiger partial charge in [-0.2, -0.15) is 0 Å². The molecule has 0 aliphatic heterocycles. The molecule has 1 N–H and O–H groups in total. The summed E-state index contributed by atoms with van der Waals surface area (Å²) in [6, 6.07) is 0. The largest absolute Gasteiger partial charge is 0.353 e. The van der Waals surface area contributed by atoms with Crippen molar-refractivity contribution >= 4 is 16.5 Å². The lowest BCUT2D eigenvalue weighted by molar-refractivity contribution is 0.707. The molecule has 6 heteroatoms. The Bertz CT molecular complexity index is 433. The van der Waals surface area contributed by atoms with Crippen molar-refractivity contribution in [1.29, 1.82) is 0 Å². The molecule has 15 heavy (non-hydrogen) atoms. The third-order valence-electron chi connectivity index (χ3n) is 2.07. The van der Waals surface area contributed by atoms with E-state index in [1.54, 1.807) is 11.3 Å². The van der Waals surface area contributed by atoms with Crippen molar-refractivity contribution in [3.05, 3.63) is 23.2 Å². The molecule has 0 aliphatic carbocycles. The van der Waals surface area contributed by atoms with Gasteiger partial charge in [-0.05, 0) is 13.8 Å². The number of imidazole rings is 1. The second-order valence-electron chi connectivity index (χ2n) is 3.11. The zero-order chi connectivity index (χ0) is 10.7. The molecule has 0 unspecified atom stereocenters. The first-order valence-corrected chi connectivity index (χ1v) is 5.65. The summed E-state index contributed by atoms with van der Waals surface area (Å²) in [4.78, 5) is 4.27. The van der Waals surface area contributed by atoms with E-state index in [2.05, 4.69) is 32.0 Å². The summed E-state index contributed by atoms with van der Waals surface area (Å²) in [5.74, 6) is 1.02. The van der Waals surface area contributed by atoms with E-state index in [0.717, 1.165) is 22.5 Å². The fraction of sp³-hybridized carbons (Fsp3) is 0.444. The van der Waals surface area contributed by atoms with Crippen LogP contribution in [0.4, 0.5) is 5.13 Å². The maximum atomic E-state index is 4.27. The van der Waals surface area contributed by atoms with Gasteiger partial charge in [-0.15, -0.1) is 10.2 Å². The first-order valence-electron chi connectivity index (χ1n) is 4.83. The third-order valence-corrected chi connectivity index (χ3v) is 2.86. The van der Waals surface area contributed by atoms with E-state index >= 15 is 0 Å². The summed E-state index contributed by atoms with van der Waals surface area (Å²) >= 11 is 1.55. The van der Waals surface area contributed by atoms with Crippen LogP contribution in [-0.2, 0) is 13.1 Å². The maximum absolute atomic E-state index is 4.27. The van der Waals surface area contributed by atoms with E-state index in [0.29, 0.717) is 6.54 Å². The highest BCUT2D eigenvalue weighted by molar-refractivity contribution is 7.15. The predicted octanol–water partition coefficient (Wildman–Crippen LogP) is 1.68. The van der Waals surface area contributed by atoms with Crippen molar-refractivity contribution in [1.82, 2.24) is 19.7 Å². The fourth-order valence-electron chi connectivity index (χ4n) is 1.32. The molecule has 0 saturated heterocycles. The molecule has 0 radical (unpaired) electrons. The van der Waals surface area contributed by atoms with Gasteiger partial charge in [-0.3, -0.25) is 0 Å². The van der Waals surface area contributed by atoms with Crippen LogP contribution in [0.5, 0.6) is 0 Å². The fourth-order valence-corrected chi connectivity index (χ4v) is 1.91. The first kappa shape index (κ1) is 10.1. The third kappa shape index (κ3) is 2.33. The number of hydrogen-bond acceptors (Lipinski definition) is 5. The molecule has 2 rings (SSSR count). The SMILES string of the molecule is CCn1ccnc1CNc1nnc(C)s1. The monoisotopic (exact) mass is 223 g/mol. The Morgan fingerprint density at radius 2 is 2.33 bits per heavy atom. The molecular weight excluding hydrogens is 210 g/mol. The summed E-state index contributed by atoms with van der Waals surface area (Å²) in [5.41, 5.74) is 0. The molecule has 0 fully saturated rings. The molecule has 0 bridgehead atoms. The van der Waals surface area contributed by atoms with E-state index in [4.69, 9.17) is 0 Å². The summed E-state index contributed by atoms with van der Waals surface area (Å²) in [6.45, 7) is 5.66. The van der Waals surface area contributed by atoms with Crippen LogP contribution in [0.15, 0.2) is 12.4 Å². The molecule has 0 amide bonds. The Morgan fingerprint density at radius 1 is 1.47 bits per heavy atom. The van der Waals surface area contributed by atoms with Gasteiger partial charge < -0.3 is 9.88 Å². The molecule has 2 aromatic heterocycles. The number of hydrogen-bond donors (Lipinski definition) is 1. The van der Waals surface area contributed by atoms with Gasteiger partial charge in [0.15, 0.2) is 0 Å². The van der Waals surface area contributed by atoms with Crippen LogP contribution in [-0.4, -0.2) is 19.7 Å². The molecule has 2 heterocycles. The van der Waals surface area contributed by atoms with Crippen LogP contribution >= 0.6 is 11.3 Å². The van der Waals surface area contributed by atoms with Crippen molar-refractivity contribution in [2.75, 3.05) is 5.32 Å². The van der Waals surface area contributed by atoms with Gasteiger partial charge in [0.05, 0.1) is 6.54 Å². The molecule has 5 nitrogen and oxygen atoms in total. The zero-order valence-corrected chi connectivity index (χ0v) is 9.58. The summed E-state index contributed by atoms with van der Waals surface area (Å²) in [6.07, 6.45) is 3.79. The summed E-state index contributed by atoms with van der Waals surface area (Å²) in [7, 11) is 0. The molecular formula is C9H13N5S. The Morgan fingerprint density at radius 3 is 3.00 bits per heavy atom. The molecule has 0 aliphatic rings. The van der Waals surface area contributed by atoms with E-state index in [1.807, 2.05) is 19.3 Å². The summed E-state index contributed by atoms with van der Waals surface area (Å²) < 4.78 is 2.10. The molecule has 80 valence electrons. The Hall–Kier alpha value is -1.43. The Balaban J connectivity index is 1.98. The van der Waals surface area contributed by atoms with E-state index in [9.17, 15) is 0 Å². The minimum absolute atomic E-state index is 0.690. The lowest BCUT2D eigenvalue weighted by atomic mass is 10.5. The molecule has 0 saturated carbocycles. The van der Waals surface area contributed by atoms with Crippen molar-refractivity contribution in [3.8, 4) is 0 Å². The number of rotatable bonds is 4. The Kier molecular flexibility index (Phi) is 2.96. The highest BCUT2D eigenvalue weighted by Gasteiger charge is 2.03. The smallest absolute Gasteiger partial charge is 0.206 e. The van der Waals surface area contributed by atoms with Crippen LogP contribution < -0.4 is 5.32 Å². The van der Waals surface area contributed by atoms with Crippen LogP contribution in [0, 0.1) is 6.92 Å². The second kappa shape index (κ2) is 4.39. The quantitative estimate of drug-likeness (QED) is 0.856. The zero-order valence-electron chi connectivity index (χ0n) is 8.77. The van der Waals surface area contributed by atoms with E-state index in [1.165, 1.54) is 0 Å². The normalized spacial score (nSPS) is 10.5. The number of aromatic nitrogens is 4. The molecule has 2 aromatic rings. The molecule has 0 aromatic carbocycles. The van der Waals surface area contributed by atoms with Crippen molar-refractivity contribution in [2.24, 2.45) is 0 Å². The van der Waals surface area contributed by atoms with E-state index < -0.39 is 0 Å².